The minimum atomic E-state index is -0.203. The normalized spacial score (nSPS) is 24.3. The Labute approximate surface area is 93.3 Å². The number of carbonyl (C=O) groups is 1. The minimum Gasteiger partial charge on any atom is -0.346 e. The van der Waals surface area contributed by atoms with Gasteiger partial charge in [0, 0.05) is 18.8 Å². The van der Waals surface area contributed by atoms with E-state index in [1.165, 1.54) is 18.3 Å². The Morgan fingerprint density at radius 2 is 2.31 bits per heavy atom. The van der Waals surface area contributed by atoms with Crippen LogP contribution in [0.4, 0.5) is 0 Å². The number of carbonyl (C=O) groups excluding carboxylic acids is 1. The Hall–Kier alpha value is -1.62. The van der Waals surface area contributed by atoms with Crippen LogP contribution < -0.4 is 16.2 Å². The number of rotatable bonds is 2. The van der Waals surface area contributed by atoms with Crippen molar-refractivity contribution in [1.29, 1.82) is 0 Å². The van der Waals surface area contributed by atoms with Crippen LogP contribution in [0.2, 0.25) is 0 Å². The average Bonchev–Trinajstić information content (AvgIpc) is 2.65. The fraction of sp³-hybridized carbons (Fsp3) is 0.455. The fourth-order valence-corrected chi connectivity index (χ4v) is 1.82. The number of H-pyrrole nitrogens is 1. The van der Waals surface area contributed by atoms with Gasteiger partial charge >= 0.3 is 0 Å². The maximum Gasteiger partial charge on any atom is 0.253 e. The summed E-state index contributed by atoms with van der Waals surface area (Å²) in [5.74, 6) is -0.151. The standard InChI is InChI=1S/C11H15N3O2/c1-11(4-5-12-7-11)14-10(16)8-2-3-9(15)13-6-8/h2-3,6,12H,4-5,7H2,1H3,(H,13,15)(H,14,16). The maximum absolute atomic E-state index is 11.9. The number of aromatic nitrogens is 1. The van der Waals surface area contributed by atoms with Crippen LogP contribution in [0.15, 0.2) is 23.1 Å². The Bertz CT molecular complexity index is 426. The van der Waals surface area contributed by atoms with Gasteiger partial charge in [-0.05, 0) is 26.0 Å². The van der Waals surface area contributed by atoms with Gasteiger partial charge in [-0.15, -0.1) is 0 Å². The van der Waals surface area contributed by atoms with Gasteiger partial charge in [-0.1, -0.05) is 0 Å². The van der Waals surface area contributed by atoms with Gasteiger partial charge < -0.3 is 15.6 Å². The molecule has 1 saturated heterocycles. The number of pyridine rings is 1. The van der Waals surface area contributed by atoms with E-state index in [1.807, 2.05) is 6.92 Å². The van der Waals surface area contributed by atoms with Crippen LogP contribution >= 0.6 is 0 Å². The molecule has 1 aliphatic rings. The smallest absolute Gasteiger partial charge is 0.253 e. The lowest BCUT2D eigenvalue weighted by atomic mass is 10.0. The van der Waals surface area contributed by atoms with Gasteiger partial charge in [0.15, 0.2) is 0 Å². The summed E-state index contributed by atoms with van der Waals surface area (Å²) in [4.78, 5) is 25.2. The molecule has 0 aliphatic carbocycles. The molecule has 1 atom stereocenters. The molecule has 1 unspecified atom stereocenters. The number of hydrogen-bond acceptors (Lipinski definition) is 3. The van der Waals surface area contributed by atoms with Crippen molar-refractivity contribution >= 4 is 5.91 Å². The third kappa shape index (κ3) is 2.30. The predicted molar refractivity (Wildman–Crippen MR) is 60.4 cm³/mol. The van der Waals surface area contributed by atoms with Crippen molar-refractivity contribution in [2.45, 2.75) is 18.9 Å². The summed E-state index contributed by atoms with van der Waals surface area (Å²) in [7, 11) is 0. The lowest BCUT2D eigenvalue weighted by molar-refractivity contribution is 0.0912. The first kappa shape index (κ1) is 10.9. The molecule has 1 amide bonds. The SMILES string of the molecule is CC1(NC(=O)c2ccc(=O)[nH]c2)CCNC1. The van der Waals surface area contributed by atoms with E-state index in [2.05, 4.69) is 15.6 Å². The van der Waals surface area contributed by atoms with Crippen LogP contribution in [0.25, 0.3) is 0 Å². The minimum absolute atomic E-state index is 0.151. The third-order valence-corrected chi connectivity index (χ3v) is 2.83. The molecule has 0 saturated carbocycles. The van der Waals surface area contributed by atoms with E-state index in [0.717, 1.165) is 19.5 Å². The van der Waals surface area contributed by atoms with Crippen molar-refractivity contribution in [3.63, 3.8) is 0 Å². The molecule has 1 fully saturated rings. The number of hydrogen-bond donors (Lipinski definition) is 3. The first-order chi connectivity index (χ1) is 7.59. The molecule has 0 aromatic carbocycles. The first-order valence-electron chi connectivity index (χ1n) is 5.31. The predicted octanol–water partition coefficient (Wildman–Crippen LogP) is -0.143. The molecule has 5 nitrogen and oxygen atoms in total. The van der Waals surface area contributed by atoms with Crippen LogP contribution in [0.3, 0.4) is 0 Å². The van der Waals surface area contributed by atoms with Crippen molar-refractivity contribution in [1.82, 2.24) is 15.6 Å². The molecule has 86 valence electrons. The molecule has 2 heterocycles. The van der Waals surface area contributed by atoms with Crippen LogP contribution in [-0.4, -0.2) is 29.5 Å². The van der Waals surface area contributed by atoms with E-state index >= 15 is 0 Å². The van der Waals surface area contributed by atoms with Crippen molar-refractivity contribution in [2.24, 2.45) is 0 Å². The molecule has 5 heteroatoms. The first-order valence-corrected chi connectivity index (χ1v) is 5.31. The zero-order valence-corrected chi connectivity index (χ0v) is 9.17. The van der Waals surface area contributed by atoms with Crippen molar-refractivity contribution in [2.75, 3.05) is 13.1 Å². The molecule has 0 spiro atoms. The monoisotopic (exact) mass is 221 g/mol. The lowest BCUT2D eigenvalue weighted by Crippen LogP contribution is -2.47. The third-order valence-electron chi connectivity index (χ3n) is 2.83. The van der Waals surface area contributed by atoms with E-state index in [0.29, 0.717) is 5.56 Å². The molecule has 1 aromatic heterocycles. The molecule has 1 aliphatic heterocycles. The highest BCUT2D eigenvalue weighted by Crippen LogP contribution is 2.13. The Balaban J connectivity index is 2.08. The summed E-state index contributed by atoms with van der Waals surface area (Å²) in [5, 5.41) is 6.17. The van der Waals surface area contributed by atoms with Gasteiger partial charge in [0.05, 0.1) is 11.1 Å². The zero-order chi connectivity index (χ0) is 11.6. The van der Waals surface area contributed by atoms with Gasteiger partial charge in [-0.25, -0.2) is 0 Å². The quantitative estimate of drug-likeness (QED) is 0.650. The van der Waals surface area contributed by atoms with Gasteiger partial charge in [-0.3, -0.25) is 9.59 Å². The van der Waals surface area contributed by atoms with E-state index in [9.17, 15) is 9.59 Å². The van der Waals surface area contributed by atoms with E-state index in [1.54, 1.807) is 0 Å². The van der Waals surface area contributed by atoms with Crippen molar-refractivity contribution in [3.05, 3.63) is 34.2 Å². The lowest BCUT2D eigenvalue weighted by Gasteiger charge is -2.24. The fourth-order valence-electron chi connectivity index (χ4n) is 1.82. The van der Waals surface area contributed by atoms with E-state index < -0.39 is 0 Å². The molecule has 16 heavy (non-hydrogen) atoms. The van der Waals surface area contributed by atoms with Crippen molar-refractivity contribution < 1.29 is 4.79 Å². The van der Waals surface area contributed by atoms with Crippen LogP contribution in [0.1, 0.15) is 23.7 Å². The van der Waals surface area contributed by atoms with E-state index in [-0.39, 0.29) is 17.0 Å². The summed E-state index contributed by atoms with van der Waals surface area (Å²) < 4.78 is 0. The second-order valence-electron chi connectivity index (χ2n) is 4.38. The summed E-state index contributed by atoms with van der Waals surface area (Å²) in [6.07, 6.45) is 2.35. The Morgan fingerprint density at radius 3 is 2.88 bits per heavy atom. The molecular formula is C11H15N3O2. The highest BCUT2D eigenvalue weighted by Gasteiger charge is 2.30. The second kappa shape index (κ2) is 4.09. The number of amides is 1. The molecule has 0 radical (unpaired) electrons. The highest BCUT2D eigenvalue weighted by molar-refractivity contribution is 5.94. The Morgan fingerprint density at radius 1 is 1.50 bits per heavy atom. The molecule has 1 aromatic rings. The van der Waals surface area contributed by atoms with Crippen molar-refractivity contribution in [3.8, 4) is 0 Å². The summed E-state index contributed by atoms with van der Waals surface area (Å²) in [6.45, 7) is 3.71. The van der Waals surface area contributed by atoms with Gasteiger partial charge in [-0.2, -0.15) is 0 Å². The maximum atomic E-state index is 11.9. The highest BCUT2D eigenvalue weighted by atomic mass is 16.2. The number of nitrogens with one attached hydrogen (secondary N) is 3. The summed E-state index contributed by atoms with van der Waals surface area (Å²) in [5.41, 5.74) is 0.0887. The molecule has 2 rings (SSSR count). The molecule has 0 bridgehead atoms. The second-order valence-corrected chi connectivity index (χ2v) is 4.38. The molecular weight excluding hydrogens is 206 g/mol. The molecule has 3 N–H and O–H groups in total. The Kier molecular flexibility index (Phi) is 2.78. The zero-order valence-electron chi connectivity index (χ0n) is 9.17. The van der Waals surface area contributed by atoms with Gasteiger partial charge in [0.2, 0.25) is 5.56 Å². The van der Waals surface area contributed by atoms with Crippen LogP contribution in [0, 0.1) is 0 Å². The summed E-state index contributed by atoms with van der Waals surface area (Å²) in [6, 6.07) is 2.88. The van der Waals surface area contributed by atoms with E-state index in [4.69, 9.17) is 0 Å². The van der Waals surface area contributed by atoms with Crippen LogP contribution in [-0.2, 0) is 0 Å². The summed E-state index contributed by atoms with van der Waals surface area (Å²) >= 11 is 0. The largest absolute Gasteiger partial charge is 0.346 e. The topological polar surface area (TPSA) is 74.0 Å². The van der Waals surface area contributed by atoms with Gasteiger partial charge in [0.25, 0.3) is 5.91 Å². The number of aromatic amines is 1. The average molecular weight is 221 g/mol. The van der Waals surface area contributed by atoms with Crippen LogP contribution in [0.5, 0.6) is 0 Å². The van der Waals surface area contributed by atoms with Gasteiger partial charge in [0.1, 0.15) is 0 Å².